The fourth-order valence-corrected chi connectivity index (χ4v) is 1.79. The van der Waals surface area contributed by atoms with Crippen molar-refractivity contribution in [3.8, 4) is 0 Å². The largest absolute Gasteiger partial charge is 0.386 e. The summed E-state index contributed by atoms with van der Waals surface area (Å²) < 4.78 is 10.5. The van der Waals surface area contributed by atoms with Crippen molar-refractivity contribution in [3.63, 3.8) is 0 Å². The van der Waals surface area contributed by atoms with Crippen molar-refractivity contribution in [2.45, 2.75) is 38.9 Å². The molecule has 1 aromatic rings. The molecule has 1 N–H and O–H groups in total. The van der Waals surface area contributed by atoms with Gasteiger partial charge in [-0.05, 0) is 30.9 Å². The van der Waals surface area contributed by atoms with E-state index in [1.54, 1.807) is 7.11 Å². The van der Waals surface area contributed by atoms with Gasteiger partial charge in [0, 0.05) is 20.3 Å². The van der Waals surface area contributed by atoms with Gasteiger partial charge in [0.25, 0.3) is 0 Å². The van der Waals surface area contributed by atoms with E-state index < -0.39 is 6.10 Å². The highest BCUT2D eigenvalue weighted by atomic mass is 16.5. The summed E-state index contributed by atoms with van der Waals surface area (Å²) in [6.45, 7) is 5.31. The van der Waals surface area contributed by atoms with Crippen LogP contribution >= 0.6 is 0 Å². The number of benzene rings is 1. The lowest BCUT2D eigenvalue weighted by Gasteiger charge is -2.20. The van der Waals surface area contributed by atoms with Crippen molar-refractivity contribution in [3.05, 3.63) is 35.4 Å². The Balaban J connectivity index is 2.43. The van der Waals surface area contributed by atoms with Crippen LogP contribution in [0.25, 0.3) is 0 Å². The number of hydrogen-bond donors (Lipinski definition) is 1. The topological polar surface area (TPSA) is 38.7 Å². The van der Waals surface area contributed by atoms with Gasteiger partial charge < -0.3 is 14.6 Å². The molecule has 0 fully saturated rings. The van der Waals surface area contributed by atoms with Crippen LogP contribution in [0.15, 0.2) is 24.3 Å². The first-order valence-electron chi connectivity index (χ1n) is 6.56. The SMILES string of the molecule is CCc1ccc(C(O)C(C)OCCCOC)cc1. The maximum Gasteiger partial charge on any atom is 0.105 e. The van der Waals surface area contributed by atoms with Crippen LogP contribution < -0.4 is 0 Å². The summed E-state index contributed by atoms with van der Waals surface area (Å²) in [7, 11) is 1.67. The number of hydrogen-bond acceptors (Lipinski definition) is 3. The predicted octanol–water partition coefficient (Wildman–Crippen LogP) is 2.72. The van der Waals surface area contributed by atoms with Gasteiger partial charge in [-0.3, -0.25) is 0 Å². The highest BCUT2D eigenvalue weighted by Gasteiger charge is 2.16. The standard InChI is InChI=1S/C15H24O3/c1-4-13-6-8-14(9-7-13)15(16)12(2)18-11-5-10-17-3/h6-9,12,15-16H,4-5,10-11H2,1-3H3. The molecule has 0 bridgehead atoms. The third kappa shape index (κ3) is 4.77. The van der Waals surface area contributed by atoms with E-state index in [9.17, 15) is 5.11 Å². The second kappa shape index (κ2) is 8.25. The second-order valence-corrected chi connectivity index (χ2v) is 4.46. The van der Waals surface area contributed by atoms with Crippen molar-refractivity contribution in [2.75, 3.05) is 20.3 Å². The molecule has 0 aromatic heterocycles. The fourth-order valence-electron chi connectivity index (χ4n) is 1.79. The van der Waals surface area contributed by atoms with Crippen molar-refractivity contribution in [2.24, 2.45) is 0 Å². The van der Waals surface area contributed by atoms with Gasteiger partial charge in [0.05, 0.1) is 6.10 Å². The number of aliphatic hydroxyl groups is 1. The highest BCUT2D eigenvalue weighted by molar-refractivity contribution is 5.24. The molecule has 3 nitrogen and oxygen atoms in total. The molecular weight excluding hydrogens is 228 g/mol. The molecule has 18 heavy (non-hydrogen) atoms. The first-order chi connectivity index (χ1) is 8.69. The van der Waals surface area contributed by atoms with Crippen LogP contribution in [0.4, 0.5) is 0 Å². The molecule has 2 unspecified atom stereocenters. The maximum absolute atomic E-state index is 10.2. The lowest BCUT2D eigenvalue weighted by Crippen LogP contribution is -2.19. The van der Waals surface area contributed by atoms with Crippen molar-refractivity contribution in [1.82, 2.24) is 0 Å². The third-order valence-electron chi connectivity index (χ3n) is 3.05. The Kier molecular flexibility index (Phi) is 6.94. The van der Waals surface area contributed by atoms with Crippen LogP contribution in [0, 0.1) is 0 Å². The Bertz CT molecular complexity index is 321. The van der Waals surface area contributed by atoms with Crippen LogP contribution in [-0.2, 0) is 15.9 Å². The van der Waals surface area contributed by atoms with E-state index in [1.807, 2.05) is 19.1 Å². The van der Waals surface area contributed by atoms with Crippen LogP contribution in [-0.4, -0.2) is 31.5 Å². The summed E-state index contributed by atoms with van der Waals surface area (Å²) in [6.07, 6.45) is 1.09. The maximum atomic E-state index is 10.2. The Labute approximate surface area is 110 Å². The Morgan fingerprint density at radius 3 is 2.39 bits per heavy atom. The van der Waals surface area contributed by atoms with Gasteiger partial charge in [0.2, 0.25) is 0 Å². The molecule has 1 rings (SSSR count). The van der Waals surface area contributed by atoms with Gasteiger partial charge in [0.15, 0.2) is 0 Å². The molecule has 0 spiro atoms. The molecular formula is C15H24O3. The van der Waals surface area contributed by atoms with E-state index in [2.05, 4.69) is 19.1 Å². The van der Waals surface area contributed by atoms with Crippen LogP contribution in [0.3, 0.4) is 0 Å². The fraction of sp³-hybridized carbons (Fsp3) is 0.600. The first kappa shape index (κ1) is 15.2. The van der Waals surface area contributed by atoms with Crippen molar-refractivity contribution >= 4 is 0 Å². The average molecular weight is 252 g/mol. The van der Waals surface area contributed by atoms with Crippen molar-refractivity contribution in [1.29, 1.82) is 0 Å². The molecule has 3 heteroatoms. The molecule has 1 aromatic carbocycles. The van der Waals surface area contributed by atoms with Crippen LogP contribution in [0.2, 0.25) is 0 Å². The Morgan fingerprint density at radius 2 is 1.83 bits per heavy atom. The normalized spacial score (nSPS) is 14.4. The van der Waals surface area contributed by atoms with Crippen LogP contribution in [0.1, 0.15) is 37.5 Å². The van der Waals surface area contributed by atoms with Gasteiger partial charge in [-0.1, -0.05) is 31.2 Å². The number of rotatable bonds is 8. The molecule has 0 aliphatic heterocycles. The minimum atomic E-state index is -0.571. The Morgan fingerprint density at radius 1 is 1.17 bits per heavy atom. The quantitative estimate of drug-likeness (QED) is 0.723. The zero-order chi connectivity index (χ0) is 13.4. The molecule has 0 heterocycles. The van der Waals surface area contributed by atoms with E-state index in [1.165, 1.54) is 5.56 Å². The minimum absolute atomic E-state index is 0.200. The summed E-state index contributed by atoms with van der Waals surface area (Å²) in [5.74, 6) is 0. The van der Waals surface area contributed by atoms with Gasteiger partial charge in [-0.25, -0.2) is 0 Å². The lowest BCUT2D eigenvalue weighted by molar-refractivity contribution is -0.0328. The molecule has 102 valence electrons. The summed E-state index contributed by atoms with van der Waals surface area (Å²) in [5.41, 5.74) is 2.19. The zero-order valence-electron chi connectivity index (χ0n) is 11.6. The van der Waals surface area contributed by atoms with E-state index in [0.717, 1.165) is 18.4 Å². The molecule has 0 aliphatic rings. The summed E-state index contributed by atoms with van der Waals surface area (Å²) >= 11 is 0. The van der Waals surface area contributed by atoms with E-state index in [4.69, 9.17) is 9.47 Å². The molecule has 0 radical (unpaired) electrons. The molecule has 0 saturated carbocycles. The number of aryl methyl sites for hydroxylation is 1. The second-order valence-electron chi connectivity index (χ2n) is 4.46. The Hall–Kier alpha value is -0.900. The number of aliphatic hydroxyl groups excluding tert-OH is 1. The molecule has 0 amide bonds. The third-order valence-corrected chi connectivity index (χ3v) is 3.05. The number of methoxy groups -OCH3 is 1. The summed E-state index contributed by atoms with van der Waals surface area (Å²) in [5, 5.41) is 10.2. The van der Waals surface area contributed by atoms with Crippen LogP contribution in [0.5, 0.6) is 0 Å². The number of ether oxygens (including phenoxy) is 2. The van der Waals surface area contributed by atoms with Gasteiger partial charge in [0.1, 0.15) is 6.10 Å². The zero-order valence-corrected chi connectivity index (χ0v) is 11.6. The summed E-state index contributed by atoms with van der Waals surface area (Å²) in [4.78, 5) is 0. The summed E-state index contributed by atoms with van der Waals surface area (Å²) in [6, 6.07) is 8.05. The van der Waals surface area contributed by atoms with E-state index >= 15 is 0 Å². The van der Waals surface area contributed by atoms with Gasteiger partial charge in [-0.2, -0.15) is 0 Å². The lowest BCUT2D eigenvalue weighted by atomic mass is 10.0. The first-order valence-corrected chi connectivity index (χ1v) is 6.56. The van der Waals surface area contributed by atoms with E-state index in [0.29, 0.717) is 13.2 Å². The average Bonchev–Trinajstić information content (AvgIpc) is 2.42. The minimum Gasteiger partial charge on any atom is -0.386 e. The predicted molar refractivity (Wildman–Crippen MR) is 72.7 cm³/mol. The molecule has 0 saturated heterocycles. The van der Waals surface area contributed by atoms with E-state index in [-0.39, 0.29) is 6.10 Å². The van der Waals surface area contributed by atoms with Gasteiger partial charge in [-0.15, -0.1) is 0 Å². The molecule has 0 aliphatic carbocycles. The van der Waals surface area contributed by atoms with Gasteiger partial charge >= 0.3 is 0 Å². The molecule has 2 atom stereocenters. The smallest absolute Gasteiger partial charge is 0.105 e. The highest BCUT2D eigenvalue weighted by Crippen LogP contribution is 2.19. The van der Waals surface area contributed by atoms with Crippen molar-refractivity contribution < 1.29 is 14.6 Å². The monoisotopic (exact) mass is 252 g/mol.